The number of aliphatic hydroxyl groups is 1. The number of rotatable bonds is 8. The van der Waals surface area contributed by atoms with Gasteiger partial charge in [0.15, 0.2) is 6.79 Å². The molecule has 1 unspecified atom stereocenters. The monoisotopic (exact) mass is 304 g/mol. The van der Waals surface area contributed by atoms with Gasteiger partial charge in [0.05, 0.1) is 5.92 Å². The highest BCUT2D eigenvalue weighted by Gasteiger charge is 2.25. The molecule has 1 N–H and O–H groups in total. The SMILES string of the molecule is CCOC(CCOC(=O)OCO)OC(=O)C1CCCCC1. The second-order valence-electron chi connectivity index (χ2n) is 4.82. The minimum atomic E-state index is -0.966. The van der Waals surface area contributed by atoms with Crippen molar-refractivity contribution >= 4 is 12.1 Å². The second-order valence-corrected chi connectivity index (χ2v) is 4.82. The van der Waals surface area contributed by atoms with Crippen LogP contribution in [0.5, 0.6) is 0 Å². The van der Waals surface area contributed by atoms with E-state index in [4.69, 9.17) is 19.3 Å². The Bertz CT molecular complexity index is 312. The number of hydrogen-bond donors (Lipinski definition) is 1. The molecule has 0 aromatic carbocycles. The predicted octanol–water partition coefficient (Wildman–Crippen LogP) is 1.97. The molecule has 7 nitrogen and oxygen atoms in total. The van der Waals surface area contributed by atoms with Crippen molar-refractivity contribution in [3.8, 4) is 0 Å². The highest BCUT2D eigenvalue weighted by Crippen LogP contribution is 2.25. The third-order valence-corrected chi connectivity index (χ3v) is 3.29. The lowest BCUT2D eigenvalue weighted by Crippen LogP contribution is -2.29. The fourth-order valence-corrected chi connectivity index (χ4v) is 2.26. The minimum absolute atomic E-state index is 0.0125. The molecule has 0 aromatic rings. The lowest BCUT2D eigenvalue weighted by Gasteiger charge is -2.23. The zero-order valence-electron chi connectivity index (χ0n) is 12.4. The molecule has 1 saturated carbocycles. The largest absolute Gasteiger partial charge is 0.510 e. The van der Waals surface area contributed by atoms with E-state index in [2.05, 4.69) is 4.74 Å². The number of aliphatic hydroxyl groups excluding tert-OH is 1. The Hall–Kier alpha value is -1.34. The van der Waals surface area contributed by atoms with Crippen LogP contribution in [0, 0.1) is 5.92 Å². The first-order valence-electron chi connectivity index (χ1n) is 7.39. The van der Waals surface area contributed by atoms with Crippen molar-refractivity contribution in [3.05, 3.63) is 0 Å². The Labute approximate surface area is 124 Å². The molecular formula is C14H24O7. The van der Waals surface area contributed by atoms with Gasteiger partial charge in [0.25, 0.3) is 0 Å². The Morgan fingerprint density at radius 2 is 1.90 bits per heavy atom. The maximum atomic E-state index is 12.0. The van der Waals surface area contributed by atoms with Gasteiger partial charge in [0.1, 0.15) is 6.61 Å². The van der Waals surface area contributed by atoms with Gasteiger partial charge in [-0.3, -0.25) is 4.79 Å². The van der Waals surface area contributed by atoms with E-state index in [1.807, 2.05) is 0 Å². The molecule has 1 rings (SSSR count). The molecule has 0 aromatic heterocycles. The van der Waals surface area contributed by atoms with Crippen LogP contribution in [0.1, 0.15) is 45.4 Å². The molecule has 1 aliphatic rings. The summed E-state index contributed by atoms with van der Waals surface area (Å²) < 4.78 is 19.5. The first kappa shape index (κ1) is 17.7. The lowest BCUT2D eigenvalue weighted by molar-refractivity contribution is -0.186. The van der Waals surface area contributed by atoms with E-state index >= 15 is 0 Å². The van der Waals surface area contributed by atoms with Gasteiger partial charge >= 0.3 is 12.1 Å². The van der Waals surface area contributed by atoms with Crippen molar-refractivity contribution in [2.75, 3.05) is 20.0 Å². The molecule has 0 spiro atoms. The summed E-state index contributed by atoms with van der Waals surface area (Å²) >= 11 is 0. The normalized spacial score (nSPS) is 17.0. The van der Waals surface area contributed by atoms with Gasteiger partial charge < -0.3 is 24.1 Å². The highest BCUT2D eigenvalue weighted by atomic mass is 16.8. The van der Waals surface area contributed by atoms with Crippen molar-refractivity contribution in [1.29, 1.82) is 0 Å². The van der Waals surface area contributed by atoms with E-state index in [9.17, 15) is 9.59 Å². The summed E-state index contributed by atoms with van der Waals surface area (Å²) in [7, 11) is 0. The quantitative estimate of drug-likeness (QED) is 0.541. The first-order chi connectivity index (χ1) is 10.2. The molecular weight excluding hydrogens is 280 g/mol. The van der Waals surface area contributed by atoms with Gasteiger partial charge in [-0.15, -0.1) is 0 Å². The molecule has 0 bridgehead atoms. The number of hydrogen-bond acceptors (Lipinski definition) is 7. The molecule has 1 atom stereocenters. The van der Waals surface area contributed by atoms with E-state index in [-0.39, 0.29) is 24.9 Å². The molecule has 1 aliphatic carbocycles. The zero-order chi connectivity index (χ0) is 15.5. The van der Waals surface area contributed by atoms with Gasteiger partial charge in [-0.2, -0.15) is 0 Å². The van der Waals surface area contributed by atoms with E-state index in [1.54, 1.807) is 6.92 Å². The molecule has 7 heteroatoms. The third-order valence-electron chi connectivity index (χ3n) is 3.29. The number of ether oxygens (including phenoxy) is 4. The summed E-state index contributed by atoms with van der Waals surface area (Å²) in [6, 6.07) is 0. The Kier molecular flexibility index (Phi) is 8.77. The van der Waals surface area contributed by atoms with Gasteiger partial charge in [-0.1, -0.05) is 19.3 Å². The molecule has 21 heavy (non-hydrogen) atoms. The number of esters is 1. The molecule has 0 heterocycles. The van der Waals surface area contributed by atoms with Crippen LogP contribution in [0.4, 0.5) is 4.79 Å². The summed E-state index contributed by atoms with van der Waals surface area (Å²) in [5.74, 6) is -0.298. The van der Waals surface area contributed by atoms with Gasteiger partial charge in [-0.05, 0) is 19.8 Å². The number of carbonyl (C=O) groups is 2. The van der Waals surface area contributed by atoms with E-state index in [0.717, 1.165) is 25.7 Å². The van der Waals surface area contributed by atoms with Crippen LogP contribution in [0.15, 0.2) is 0 Å². The van der Waals surface area contributed by atoms with E-state index < -0.39 is 19.2 Å². The van der Waals surface area contributed by atoms with Crippen LogP contribution >= 0.6 is 0 Å². The average molecular weight is 304 g/mol. The third kappa shape index (κ3) is 7.29. The summed E-state index contributed by atoms with van der Waals surface area (Å²) in [5, 5.41) is 8.38. The Morgan fingerprint density at radius 3 is 2.52 bits per heavy atom. The van der Waals surface area contributed by atoms with Crippen molar-refractivity contribution in [3.63, 3.8) is 0 Å². The maximum Gasteiger partial charge on any atom is 0.510 e. The Morgan fingerprint density at radius 1 is 1.19 bits per heavy atom. The van der Waals surface area contributed by atoms with Crippen LogP contribution in [-0.4, -0.2) is 43.5 Å². The van der Waals surface area contributed by atoms with Gasteiger partial charge in [0, 0.05) is 13.0 Å². The maximum absolute atomic E-state index is 12.0. The van der Waals surface area contributed by atoms with Crippen LogP contribution in [0.3, 0.4) is 0 Å². The zero-order valence-corrected chi connectivity index (χ0v) is 12.4. The standard InChI is InChI=1S/C14H24O7/c1-2-18-12(8-9-19-14(17)20-10-15)21-13(16)11-6-4-3-5-7-11/h11-12,15H,2-10H2,1H3. The fraction of sp³-hybridized carbons (Fsp3) is 0.857. The molecule has 0 radical (unpaired) electrons. The van der Waals surface area contributed by atoms with Crippen LogP contribution in [0.25, 0.3) is 0 Å². The second kappa shape index (κ2) is 10.4. The summed E-state index contributed by atoms with van der Waals surface area (Å²) in [6.07, 6.45) is 3.52. The van der Waals surface area contributed by atoms with Gasteiger partial charge in [-0.25, -0.2) is 4.79 Å². The van der Waals surface area contributed by atoms with Crippen molar-refractivity contribution in [2.24, 2.45) is 5.92 Å². The molecule has 0 saturated heterocycles. The fourth-order valence-electron chi connectivity index (χ4n) is 2.26. The van der Waals surface area contributed by atoms with E-state index in [0.29, 0.717) is 6.61 Å². The van der Waals surface area contributed by atoms with Gasteiger partial charge in [0.2, 0.25) is 6.29 Å². The van der Waals surface area contributed by atoms with Crippen molar-refractivity contribution in [2.45, 2.75) is 51.7 Å². The van der Waals surface area contributed by atoms with Crippen LogP contribution in [0.2, 0.25) is 0 Å². The van der Waals surface area contributed by atoms with Crippen LogP contribution in [-0.2, 0) is 23.7 Å². The summed E-state index contributed by atoms with van der Waals surface area (Å²) in [4.78, 5) is 22.9. The molecule has 0 amide bonds. The number of carbonyl (C=O) groups excluding carboxylic acids is 2. The smallest absolute Gasteiger partial charge is 0.435 e. The average Bonchev–Trinajstić information content (AvgIpc) is 2.48. The highest BCUT2D eigenvalue weighted by molar-refractivity contribution is 5.72. The van der Waals surface area contributed by atoms with Crippen molar-refractivity contribution in [1.82, 2.24) is 0 Å². The lowest BCUT2D eigenvalue weighted by atomic mass is 9.89. The molecule has 122 valence electrons. The summed E-state index contributed by atoms with van der Waals surface area (Å²) in [5.41, 5.74) is 0. The van der Waals surface area contributed by atoms with E-state index in [1.165, 1.54) is 6.42 Å². The Balaban J connectivity index is 2.30. The molecule has 1 fully saturated rings. The van der Waals surface area contributed by atoms with Crippen LogP contribution < -0.4 is 0 Å². The predicted molar refractivity (Wildman–Crippen MR) is 72.2 cm³/mol. The minimum Gasteiger partial charge on any atom is -0.435 e. The first-order valence-corrected chi connectivity index (χ1v) is 7.39. The summed E-state index contributed by atoms with van der Waals surface area (Å²) in [6.45, 7) is 1.44. The van der Waals surface area contributed by atoms with Crippen molar-refractivity contribution < 1.29 is 33.6 Å². The topological polar surface area (TPSA) is 91.3 Å². The molecule has 0 aliphatic heterocycles.